The second kappa shape index (κ2) is 7.31. The minimum absolute atomic E-state index is 0.0546. The van der Waals surface area contributed by atoms with Crippen LogP contribution in [0.2, 0.25) is 0 Å². The normalized spacial score (nSPS) is 35.9. The third-order valence-electron chi connectivity index (χ3n) is 8.37. The summed E-state index contributed by atoms with van der Waals surface area (Å²) in [5.74, 6) is 0.324. The molecule has 0 radical (unpaired) electrons. The van der Waals surface area contributed by atoms with Gasteiger partial charge in [0, 0.05) is 17.4 Å². The van der Waals surface area contributed by atoms with E-state index < -0.39 is 16.4 Å². The number of benzene rings is 2. The van der Waals surface area contributed by atoms with Gasteiger partial charge >= 0.3 is 0 Å². The van der Waals surface area contributed by atoms with Crippen molar-refractivity contribution >= 4 is 0 Å². The molecule has 2 heteroatoms. The zero-order valence-corrected chi connectivity index (χ0v) is 18.1. The molecule has 4 atom stereocenters. The highest BCUT2D eigenvalue weighted by Gasteiger charge is 2.68. The van der Waals surface area contributed by atoms with Gasteiger partial charge in [-0.3, -0.25) is 0 Å². The van der Waals surface area contributed by atoms with Crippen LogP contribution in [0.15, 0.2) is 60.7 Å². The number of hydrogen-bond acceptors (Lipinski definition) is 2. The Labute approximate surface area is 170 Å². The molecule has 1 saturated carbocycles. The summed E-state index contributed by atoms with van der Waals surface area (Å²) in [5, 5.41) is 23.1. The monoisotopic (exact) mass is 380 g/mol. The fraction of sp³-hybridized carbons (Fsp3) is 0.538. The van der Waals surface area contributed by atoms with Crippen molar-refractivity contribution in [2.24, 2.45) is 16.7 Å². The van der Waals surface area contributed by atoms with Crippen LogP contribution in [0.3, 0.4) is 0 Å². The minimum Gasteiger partial charge on any atom is -0.396 e. The van der Waals surface area contributed by atoms with Crippen molar-refractivity contribution in [1.29, 1.82) is 0 Å². The van der Waals surface area contributed by atoms with E-state index in [0.717, 1.165) is 18.4 Å². The van der Waals surface area contributed by atoms with E-state index in [4.69, 9.17) is 0 Å². The van der Waals surface area contributed by atoms with E-state index in [-0.39, 0.29) is 12.0 Å². The maximum Gasteiger partial charge on any atom is 0.0780 e. The van der Waals surface area contributed by atoms with Gasteiger partial charge in [-0.15, -0.1) is 0 Å². The first-order valence-corrected chi connectivity index (χ1v) is 10.6. The first kappa shape index (κ1) is 21.1. The van der Waals surface area contributed by atoms with Crippen LogP contribution >= 0.6 is 0 Å². The van der Waals surface area contributed by atoms with Gasteiger partial charge in [0.25, 0.3) is 0 Å². The Morgan fingerprint density at radius 3 is 1.89 bits per heavy atom. The maximum atomic E-state index is 12.4. The van der Waals surface area contributed by atoms with Crippen LogP contribution in [-0.4, -0.2) is 22.4 Å². The van der Waals surface area contributed by atoms with Crippen LogP contribution in [0.1, 0.15) is 58.6 Å². The lowest BCUT2D eigenvalue weighted by atomic mass is 9.39. The Balaban J connectivity index is 2.34. The van der Waals surface area contributed by atoms with Crippen molar-refractivity contribution < 1.29 is 10.2 Å². The quantitative estimate of drug-likeness (QED) is 0.732. The van der Waals surface area contributed by atoms with Gasteiger partial charge in [0.2, 0.25) is 0 Å². The van der Waals surface area contributed by atoms with E-state index in [9.17, 15) is 10.2 Å². The fourth-order valence-corrected chi connectivity index (χ4v) is 5.87. The molecule has 2 N–H and O–H groups in total. The molecule has 0 aliphatic heterocycles. The third kappa shape index (κ3) is 2.84. The Morgan fingerprint density at radius 2 is 1.39 bits per heavy atom. The Hall–Kier alpha value is -1.64. The molecule has 3 rings (SSSR count). The number of aliphatic hydroxyl groups is 2. The predicted octanol–water partition coefficient (Wildman–Crippen LogP) is 5.37. The molecule has 2 nitrogen and oxygen atoms in total. The molecule has 2 aromatic rings. The molecule has 0 aromatic heterocycles. The fourth-order valence-electron chi connectivity index (χ4n) is 5.87. The lowest BCUT2D eigenvalue weighted by molar-refractivity contribution is -0.221. The van der Waals surface area contributed by atoms with Crippen LogP contribution < -0.4 is 0 Å². The highest BCUT2D eigenvalue weighted by atomic mass is 16.3. The SMILES string of the molecule is CC(C)C1(C)CCC(C)(CO)C(Cc2ccccc2)(c2ccccc2)C1(C)O. The van der Waals surface area contributed by atoms with Gasteiger partial charge in [-0.1, -0.05) is 88.4 Å². The molecule has 1 aliphatic rings. The smallest absolute Gasteiger partial charge is 0.0780 e. The summed E-state index contributed by atoms with van der Waals surface area (Å²) in [4.78, 5) is 0. The predicted molar refractivity (Wildman–Crippen MR) is 116 cm³/mol. The zero-order chi connectivity index (χ0) is 20.6. The Morgan fingerprint density at radius 1 is 0.857 bits per heavy atom. The van der Waals surface area contributed by atoms with E-state index in [1.54, 1.807) is 0 Å². The molecule has 0 bridgehead atoms. The van der Waals surface area contributed by atoms with E-state index in [0.29, 0.717) is 12.3 Å². The molecule has 28 heavy (non-hydrogen) atoms. The highest BCUT2D eigenvalue weighted by molar-refractivity contribution is 5.39. The van der Waals surface area contributed by atoms with Crippen molar-refractivity contribution in [1.82, 2.24) is 0 Å². The molecule has 4 unspecified atom stereocenters. The Bertz CT molecular complexity index is 783. The van der Waals surface area contributed by atoms with Crippen molar-refractivity contribution in [2.45, 2.75) is 64.9 Å². The van der Waals surface area contributed by atoms with E-state index >= 15 is 0 Å². The summed E-state index contributed by atoms with van der Waals surface area (Å²) in [6.45, 7) is 10.9. The molecule has 0 saturated heterocycles. The average molecular weight is 381 g/mol. The number of rotatable bonds is 5. The van der Waals surface area contributed by atoms with Gasteiger partial charge in [-0.05, 0) is 48.6 Å². The van der Waals surface area contributed by atoms with Crippen LogP contribution in [0.25, 0.3) is 0 Å². The Kier molecular flexibility index (Phi) is 5.51. The van der Waals surface area contributed by atoms with Gasteiger partial charge in [-0.2, -0.15) is 0 Å². The van der Waals surface area contributed by atoms with Crippen LogP contribution in [0.4, 0.5) is 0 Å². The first-order chi connectivity index (χ1) is 13.1. The summed E-state index contributed by atoms with van der Waals surface area (Å²) in [6, 6.07) is 20.8. The van der Waals surface area contributed by atoms with Gasteiger partial charge in [0.15, 0.2) is 0 Å². The average Bonchev–Trinajstić information content (AvgIpc) is 2.70. The van der Waals surface area contributed by atoms with Crippen molar-refractivity contribution in [3.05, 3.63) is 71.8 Å². The van der Waals surface area contributed by atoms with Gasteiger partial charge in [0.1, 0.15) is 0 Å². The van der Waals surface area contributed by atoms with Crippen molar-refractivity contribution in [2.75, 3.05) is 6.61 Å². The summed E-state index contributed by atoms with van der Waals surface area (Å²) < 4.78 is 0. The van der Waals surface area contributed by atoms with Gasteiger partial charge < -0.3 is 10.2 Å². The molecule has 152 valence electrons. The molecule has 2 aromatic carbocycles. The molecular weight excluding hydrogens is 344 g/mol. The van der Waals surface area contributed by atoms with E-state index in [2.05, 4.69) is 76.2 Å². The van der Waals surface area contributed by atoms with E-state index in [1.165, 1.54) is 5.56 Å². The molecule has 0 heterocycles. The molecular formula is C26H36O2. The number of hydrogen-bond donors (Lipinski definition) is 2. The van der Waals surface area contributed by atoms with Crippen molar-refractivity contribution in [3.63, 3.8) is 0 Å². The van der Waals surface area contributed by atoms with Gasteiger partial charge in [0.05, 0.1) is 5.60 Å². The minimum atomic E-state index is -0.999. The lowest BCUT2D eigenvalue weighted by Gasteiger charge is -2.67. The number of aliphatic hydroxyl groups excluding tert-OH is 1. The van der Waals surface area contributed by atoms with Crippen LogP contribution in [-0.2, 0) is 11.8 Å². The van der Waals surface area contributed by atoms with Gasteiger partial charge in [-0.25, -0.2) is 0 Å². The standard InChI is InChI=1S/C26H36O2/c1-20(2)24(4)17-16-23(3,19-27)26(25(24,5)28,22-14-10-7-11-15-22)18-21-12-8-6-9-13-21/h6-15,20,27-28H,16-19H2,1-5H3. The summed E-state index contributed by atoms with van der Waals surface area (Å²) in [7, 11) is 0. The van der Waals surface area contributed by atoms with Crippen molar-refractivity contribution in [3.8, 4) is 0 Å². The zero-order valence-electron chi connectivity index (χ0n) is 18.1. The third-order valence-corrected chi connectivity index (χ3v) is 8.37. The maximum absolute atomic E-state index is 12.4. The summed E-state index contributed by atoms with van der Waals surface area (Å²) in [6.07, 6.45) is 2.48. The van der Waals surface area contributed by atoms with E-state index in [1.807, 2.05) is 19.1 Å². The molecule has 1 fully saturated rings. The van der Waals surface area contributed by atoms with Crippen LogP contribution in [0.5, 0.6) is 0 Å². The second-order valence-corrected chi connectivity index (χ2v) is 9.80. The second-order valence-electron chi connectivity index (χ2n) is 9.80. The molecule has 1 aliphatic carbocycles. The molecule has 0 spiro atoms. The topological polar surface area (TPSA) is 40.5 Å². The highest BCUT2D eigenvalue weighted by Crippen LogP contribution is 2.65. The van der Waals surface area contributed by atoms with Crippen LogP contribution in [0, 0.1) is 16.7 Å². The molecule has 0 amide bonds. The summed E-state index contributed by atoms with van der Waals surface area (Å²) >= 11 is 0. The lowest BCUT2D eigenvalue weighted by Crippen LogP contribution is -2.71. The largest absolute Gasteiger partial charge is 0.396 e. The first-order valence-electron chi connectivity index (χ1n) is 10.6. The summed E-state index contributed by atoms with van der Waals surface area (Å²) in [5.41, 5.74) is 0.0238.